The summed E-state index contributed by atoms with van der Waals surface area (Å²) in [6.45, 7) is 3.22. The van der Waals surface area contributed by atoms with Crippen LogP contribution in [0.2, 0.25) is 0 Å². The molecular weight excluding hydrogens is 236 g/mol. The standard InChI is InChI=1S/C16H24N2O/c1-12-3-2-4-15(9-12)19-16-7-8-17-10-13(16)11-18-14-5-6-14/h7-8,10,12,14-15,18H,2-6,9,11H2,1H3. The third kappa shape index (κ3) is 3.69. The summed E-state index contributed by atoms with van der Waals surface area (Å²) >= 11 is 0. The van der Waals surface area contributed by atoms with Crippen LogP contribution in [0.3, 0.4) is 0 Å². The first-order valence-electron chi connectivity index (χ1n) is 7.64. The summed E-state index contributed by atoms with van der Waals surface area (Å²) in [5.74, 6) is 1.83. The van der Waals surface area contributed by atoms with Crippen LogP contribution < -0.4 is 10.1 Å². The molecule has 0 spiro atoms. The minimum absolute atomic E-state index is 0.394. The molecule has 2 unspecified atom stereocenters. The van der Waals surface area contributed by atoms with Gasteiger partial charge in [0.05, 0.1) is 6.10 Å². The molecule has 1 aromatic rings. The molecule has 1 heterocycles. The largest absolute Gasteiger partial charge is 0.490 e. The van der Waals surface area contributed by atoms with Gasteiger partial charge >= 0.3 is 0 Å². The topological polar surface area (TPSA) is 34.1 Å². The van der Waals surface area contributed by atoms with Gasteiger partial charge in [-0.2, -0.15) is 0 Å². The molecule has 2 fully saturated rings. The molecular formula is C16H24N2O. The van der Waals surface area contributed by atoms with Gasteiger partial charge < -0.3 is 10.1 Å². The summed E-state index contributed by atoms with van der Waals surface area (Å²) in [6.07, 6.45) is 11.8. The van der Waals surface area contributed by atoms with Crippen molar-refractivity contribution in [1.29, 1.82) is 0 Å². The lowest BCUT2D eigenvalue weighted by Crippen LogP contribution is -2.25. The Labute approximate surface area is 115 Å². The van der Waals surface area contributed by atoms with Gasteiger partial charge in [-0.15, -0.1) is 0 Å². The van der Waals surface area contributed by atoms with Crippen molar-refractivity contribution in [2.75, 3.05) is 0 Å². The first-order chi connectivity index (χ1) is 9.31. The third-order valence-corrected chi connectivity index (χ3v) is 4.20. The zero-order valence-corrected chi connectivity index (χ0v) is 11.8. The van der Waals surface area contributed by atoms with Gasteiger partial charge in [0.15, 0.2) is 0 Å². The van der Waals surface area contributed by atoms with Crippen LogP contribution in [0.5, 0.6) is 5.75 Å². The average molecular weight is 260 g/mol. The lowest BCUT2D eigenvalue weighted by atomic mass is 9.88. The highest BCUT2D eigenvalue weighted by molar-refractivity contribution is 5.30. The Morgan fingerprint density at radius 1 is 1.32 bits per heavy atom. The number of nitrogens with zero attached hydrogens (tertiary/aromatic N) is 1. The fourth-order valence-electron chi connectivity index (χ4n) is 2.87. The molecule has 2 aliphatic rings. The first-order valence-corrected chi connectivity index (χ1v) is 7.64. The number of pyridine rings is 1. The van der Waals surface area contributed by atoms with Crippen molar-refractivity contribution in [1.82, 2.24) is 10.3 Å². The SMILES string of the molecule is CC1CCCC(Oc2ccncc2CNC2CC2)C1. The minimum atomic E-state index is 0.394. The van der Waals surface area contributed by atoms with E-state index in [1.807, 2.05) is 18.5 Å². The Hall–Kier alpha value is -1.09. The molecule has 0 radical (unpaired) electrons. The molecule has 3 rings (SSSR count). The Morgan fingerprint density at radius 2 is 2.21 bits per heavy atom. The van der Waals surface area contributed by atoms with Crippen molar-refractivity contribution in [3.8, 4) is 5.75 Å². The van der Waals surface area contributed by atoms with E-state index in [0.717, 1.165) is 24.3 Å². The zero-order chi connectivity index (χ0) is 13.1. The summed E-state index contributed by atoms with van der Waals surface area (Å²) in [6, 6.07) is 2.74. The summed E-state index contributed by atoms with van der Waals surface area (Å²) < 4.78 is 6.23. The van der Waals surface area contributed by atoms with Crippen molar-refractivity contribution >= 4 is 0 Å². The van der Waals surface area contributed by atoms with Crippen LogP contribution in [0.4, 0.5) is 0 Å². The number of ether oxygens (including phenoxy) is 1. The van der Waals surface area contributed by atoms with Crippen LogP contribution in [0.15, 0.2) is 18.5 Å². The van der Waals surface area contributed by atoms with Crippen molar-refractivity contribution in [2.45, 2.75) is 64.1 Å². The van der Waals surface area contributed by atoms with Gasteiger partial charge in [-0.3, -0.25) is 4.98 Å². The molecule has 0 amide bonds. The van der Waals surface area contributed by atoms with Crippen LogP contribution in [0, 0.1) is 5.92 Å². The maximum atomic E-state index is 6.23. The van der Waals surface area contributed by atoms with Gasteiger partial charge in [0, 0.05) is 30.5 Å². The summed E-state index contributed by atoms with van der Waals surface area (Å²) in [7, 11) is 0. The second kappa shape index (κ2) is 5.91. The average Bonchev–Trinajstić information content (AvgIpc) is 3.22. The normalized spacial score (nSPS) is 27.2. The number of hydrogen-bond donors (Lipinski definition) is 1. The number of rotatable bonds is 5. The van der Waals surface area contributed by atoms with Gasteiger partial charge in [-0.05, 0) is 44.1 Å². The maximum Gasteiger partial charge on any atom is 0.127 e. The van der Waals surface area contributed by atoms with E-state index in [4.69, 9.17) is 4.74 Å². The Kier molecular flexibility index (Phi) is 4.02. The molecule has 104 valence electrons. The zero-order valence-electron chi connectivity index (χ0n) is 11.8. The van der Waals surface area contributed by atoms with Gasteiger partial charge in [0.1, 0.15) is 5.75 Å². The molecule has 0 saturated heterocycles. The first kappa shape index (κ1) is 12.9. The maximum absolute atomic E-state index is 6.23. The predicted octanol–water partition coefficient (Wildman–Crippen LogP) is 3.29. The van der Waals surface area contributed by atoms with Gasteiger partial charge in [-0.1, -0.05) is 13.3 Å². The van der Waals surface area contributed by atoms with E-state index in [-0.39, 0.29) is 0 Å². The number of nitrogens with one attached hydrogen (secondary N) is 1. The third-order valence-electron chi connectivity index (χ3n) is 4.20. The molecule has 2 saturated carbocycles. The second-order valence-corrected chi connectivity index (χ2v) is 6.15. The van der Waals surface area contributed by atoms with E-state index in [1.165, 1.54) is 44.1 Å². The van der Waals surface area contributed by atoms with E-state index in [1.54, 1.807) is 0 Å². The predicted molar refractivity (Wildman–Crippen MR) is 76.1 cm³/mol. The van der Waals surface area contributed by atoms with Crippen LogP contribution in [0.1, 0.15) is 51.0 Å². The van der Waals surface area contributed by atoms with Crippen LogP contribution in [-0.2, 0) is 6.54 Å². The Bertz CT molecular complexity index is 417. The smallest absolute Gasteiger partial charge is 0.127 e. The van der Waals surface area contributed by atoms with Crippen molar-refractivity contribution in [2.24, 2.45) is 5.92 Å². The lowest BCUT2D eigenvalue weighted by Gasteiger charge is -2.28. The lowest BCUT2D eigenvalue weighted by molar-refractivity contribution is 0.127. The fraction of sp³-hybridized carbons (Fsp3) is 0.688. The van der Waals surface area contributed by atoms with E-state index in [9.17, 15) is 0 Å². The monoisotopic (exact) mass is 260 g/mol. The van der Waals surface area contributed by atoms with Gasteiger partial charge in [-0.25, -0.2) is 0 Å². The molecule has 19 heavy (non-hydrogen) atoms. The summed E-state index contributed by atoms with van der Waals surface area (Å²) in [4.78, 5) is 4.23. The number of aromatic nitrogens is 1. The molecule has 3 nitrogen and oxygen atoms in total. The summed E-state index contributed by atoms with van der Waals surface area (Å²) in [5, 5.41) is 3.54. The van der Waals surface area contributed by atoms with E-state index in [0.29, 0.717) is 6.10 Å². The Morgan fingerprint density at radius 3 is 3.00 bits per heavy atom. The van der Waals surface area contributed by atoms with Crippen molar-refractivity contribution in [3.05, 3.63) is 24.0 Å². The highest BCUT2D eigenvalue weighted by atomic mass is 16.5. The quantitative estimate of drug-likeness (QED) is 0.882. The van der Waals surface area contributed by atoms with E-state index >= 15 is 0 Å². The van der Waals surface area contributed by atoms with Gasteiger partial charge in [0.2, 0.25) is 0 Å². The molecule has 0 bridgehead atoms. The highest BCUT2D eigenvalue weighted by Gasteiger charge is 2.23. The van der Waals surface area contributed by atoms with Crippen LogP contribution >= 0.6 is 0 Å². The molecule has 2 aliphatic carbocycles. The van der Waals surface area contributed by atoms with Crippen LogP contribution in [0.25, 0.3) is 0 Å². The van der Waals surface area contributed by atoms with E-state index in [2.05, 4.69) is 17.2 Å². The van der Waals surface area contributed by atoms with Crippen molar-refractivity contribution < 1.29 is 4.74 Å². The van der Waals surface area contributed by atoms with Crippen LogP contribution in [-0.4, -0.2) is 17.1 Å². The Balaban J connectivity index is 1.61. The second-order valence-electron chi connectivity index (χ2n) is 6.15. The molecule has 0 aromatic carbocycles. The highest BCUT2D eigenvalue weighted by Crippen LogP contribution is 2.29. The summed E-state index contributed by atoms with van der Waals surface area (Å²) in [5.41, 5.74) is 1.20. The van der Waals surface area contributed by atoms with E-state index < -0.39 is 0 Å². The molecule has 0 aliphatic heterocycles. The van der Waals surface area contributed by atoms with Crippen molar-refractivity contribution in [3.63, 3.8) is 0 Å². The number of hydrogen-bond acceptors (Lipinski definition) is 3. The molecule has 2 atom stereocenters. The minimum Gasteiger partial charge on any atom is -0.490 e. The molecule has 3 heteroatoms. The van der Waals surface area contributed by atoms with Gasteiger partial charge in [0.25, 0.3) is 0 Å². The fourth-order valence-corrected chi connectivity index (χ4v) is 2.87. The molecule has 1 aromatic heterocycles. The molecule has 1 N–H and O–H groups in total.